The summed E-state index contributed by atoms with van der Waals surface area (Å²) in [7, 11) is 4.01. The molecule has 6 nitrogen and oxygen atoms in total. The summed E-state index contributed by atoms with van der Waals surface area (Å²) >= 11 is 0. The maximum atomic E-state index is 12.1. The molecule has 9 heteroatoms. The maximum absolute atomic E-state index is 12.1. The highest BCUT2D eigenvalue weighted by Crippen LogP contribution is 2.20. The summed E-state index contributed by atoms with van der Waals surface area (Å²) in [6, 6.07) is -0.00221. The predicted molar refractivity (Wildman–Crippen MR) is 69.5 cm³/mol. The Bertz CT molecular complexity index is 450. The second-order valence-corrected chi connectivity index (χ2v) is 5.38. The molecule has 1 aliphatic heterocycles. The standard InChI is InChI=1S/C12H20F3N5O/c1-19-4-3-5-20(2)9(7-19)11-17-10(21-18-11)6-16-8-12(13,14)15/h9,16H,3-8H2,1-2H3. The Hall–Kier alpha value is -1.19. The molecule has 1 N–H and O–H groups in total. The SMILES string of the molecule is CN1CCCN(C)C(c2noc(CNCC(F)(F)F)n2)C1. The molecule has 2 rings (SSSR count). The molecular formula is C12H20F3N5O. The van der Waals surface area contributed by atoms with Crippen LogP contribution in [0, 0.1) is 0 Å². The van der Waals surface area contributed by atoms with Crippen molar-refractivity contribution < 1.29 is 17.7 Å². The van der Waals surface area contributed by atoms with Gasteiger partial charge in [-0.05, 0) is 33.6 Å². The lowest BCUT2D eigenvalue weighted by Gasteiger charge is -2.24. The second-order valence-electron chi connectivity index (χ2n) is 5.38. The topological polar surface area (TPSA) is 57.4 Å². The van der Waals surface area contributed by atoms with Crippen LogP contribution in [-0.4, -0.2) is 66.4 Å². The van der Waals surface area contributed by atoms with Crippen LogP contribution in [-0.2, 0) is 6.54 Å². The third-order valence-electron chi connectivity index (χ3n) is 3.45. The van der Waals surface area contributed by atoms with Crippen molar-refractivity contribution >= 4 is 0 Å². The monoisotopic (exact) mass is 307 g/mol. The first-order valence-electron chi connectivity index (χ1n) is 6.84. The summed E-state index contributed by atoms with van der Waals surface area (Å²) in [5.74, 6) is 0.699. The molecule has 1 saturated heterocycles. The fraction of sp³-hybridized carbons (Fsp3) is 0.833. The van der Waals surface area contributed by atoms with Crippen LogP contribution in [0.5, 0.6) is 0 Å². The molecule has 0 radical (unpaired) electrons. The van der Waals surface area contributed by atoms with Crippen molar-refractivity contribution in [3.63, 3.8) is 0 Å². The largest absolute Gasteiger partial charge is 0.401 e. The Kier molecular flexibility index (Phi) is 5.17. The van der Waals surface area contributed by atoms with E-state index < -0.39 is 12.7 Å². The lowest BCUT2D eigenvalue weighted by atomic mass is 10.2. The number of aromatic nitrogens is 2. The van der Waals surface area contributed by atoms with E-state index in [1.165, 1.54) is 0 Å². The van der Waals surface area contributed by atoms with Crippen molar-refractivity contribution in [1.29, 1.82) is 0 Å². The molecule has 120 valence electrons. The zero-order valence-electron chi connectivity index (χ0n) is 12.2. The summed E-state index contributed by atoms with van der Waals surface area (Å²) in [5.41, 5.74) is 0. The number of nitrogens with zero attached hydrogens (tertiary/aromatic N) is 4. The molecule has 0 aromatic carbocycles. The average Bonchev–Trinajstić information content (AvgIpc) is 2.76. The molecule has 21 heavy (non-hydrogen) atoms. The quantitative estimate of drug-likeness (QED) is 0.897. The average molecular weight is 307 g/mol. The van der Waals surface area contributed by atoms with Crippen molar-refractivity contribution in [3.05, 3.63) is 11.7 Å². The molecule has 1 unspecified atom stereocenters. The van der Waals surface area contributed by atoms with Crippen molar-refractivity contribution in [2.24, 2.45) is 0 Å². The van der Waals surface area contributed by atoms with Crippen molar-refractivity contribution in [3.8, 4) is 0 Å². The zero-order chi connectivity index (χ0) is 15.5. The summed E-state index contributed by atoms with van der Waals surface area (Å²) in [6.45, 7) is 1.53. The Morgan fingerprint density at radius 3 is 2.81 bits per heavy atom. The van der Waals surface area contributed by atoms with Crippen LogP contribution < -0.4 is 5.32 Å². The Morgan fingerprint density at radius 1 is 1.33 bits per heavy atom. The fourth-order valence-electron chi connectivity index (χ4n) is 2.34. The molecule has 0 amide bonds. The molecule has 1 aromatic rings. The molecule has 1 aromatic heterocycles. The highest BCUT2D eigenvalue weighted by molar-refractivity contribution is 4.97. The number of hydrogen-bond acceptors (Lipinski definition) is 6. The third kappa shape index (κ3) is 4.94. The van der Waals surface area contributed by atoms with Gasteiger partial charge >= 0.3 is 6.18 Å². The minimum atomic E-state index is -4.24. The van der Waals surface area contributed by atoms with Gasteiger partial charge in [-0.1, -0.05) is 5.16 Å². The molecular weight excluding hydrogens is 287 g/mol. The summed E-state index contributed by atoms with van der Waals surface area (Å²) in [4.78, 5) is 8.53. The van der Waals surface area contributed by atoms with Crippen LogP contribution in [0.2, 0.25) is 0 Å². The van der Waals surface area contributed by atoms with Crippen LogP contribution in [0.1, 0.15) is 24.2 Å². The van der Waals surface area contributed by atoms with Gasteiger partial charge in [0, 0.05) is 6.54 Å². The third-order valence-corrected chi connectivity index (χ3v) is 3.45. The second kappa shape index (κ2) is 6.71. The number of nitrogens with one attached hydrogen (secondary N) is 1. The molecule has 0 bridgehead atoms. The van der Waals surface area contributed by atoms with Gasteiger partial charge in [-0.15, -0.1) is 0 Å². The predicted octanol–water partition coefficient (Wildman–Crippen LogP) is 1.03. The Labute approximate surface area is 121 Å². The fourth-order valence-corrected chi connectivity index (χ4v) is 2.34. The first-order chi connectivity index (χ1) is 9.85. The minimum absolute atomic E-state index is 0.00221. The number of alkyl halides is 3. The van der Waals surface area contributed by atoms with E-state index in [4.69, 9.17) is 4.52 Å². The first-order valence-corrected chi connectivity index (χ1v) is 6.84. The zero-order valence-corrected chi connectivity index (χ0v) is 12.2. The Balaban J connectivity index is 1.94. The van der Waals surface area contributed by atoms with Gasteiger partial charge in [-0.2, -0.15) is 18.2 Å². The first kappa shape index (κ1) is 16.2. The van der Waals surface area contributed by atoms with E-state index in [1.54, 1.807) is 0 Å². The molecule has 2 heterocycles. The normalized spacial score (nSPS) is 22.4. The van der Waals surface area contributed by atoms with E-state index in [1.807, 2.05) is 14.1 Å². The van der Waals surface area contributed by atoms with E-state index in [9.17, 15) is 13.2 Å². The Morgan fingerprint density at radius 2 is 2.10 bits per heavy atom. The number of likely N-dealkylation sites (N-methyl/N-ethyl adjacent to an activating group) is 2. The van der Waals surface area contributed by atoms with E-state index in [0.29, 0.717) is 5.82 Å². The van der Waals surface area contributed by atoms with Gasteiger partial charge < -0.3 is 14.7 Å². The van der Waals surface area contributed by atoms with Crippen molar-refractivity contribution in [1.82, 2.24) is 25.3 Å². The van der Waals surface area contributed by atoms with Gasteiger partial charge in [0.05, 0.1) is 19.1 Å². The lowest BCUT2D eigenvalue weighted by molar-refractivity contribution is -0.125. The van der Waals surface area contributed by atoms with Gasteiger partial charge in [0.2, 0.25) is 5.89 Å². The minimum Gasteiger partial charge on any atom is -0.338 e. The highest BCUT2D eigenvalue weighted by atomic mass is 19.4. The van der Waals surface area contributed by atoms with Crippen LogP contribution >= 0.6 is 0 Å². The summed E-state index contributed by atoms with van der Waals surface area (Å²) in [5, 5.41) is 6.15. The number of halogens is 3. The smallest absolute Gasteiger partial charge is 0.338 e. The number of hydrogen-bond donors (Lipinski definition) is 1. The van der Waals surface area contributed by atoms with Crippen molar-refractivity contribution in [2.75, 3.05) is 40.3 Å². The molecule has 1 atom stereocenters. The van der Waals surface area contributed by atoms with Gasteiger partial charge in [0.15, 0.2) is 5.82 Å². The van der Waals surface area contributed by atoms with E-state index in [0.717, 1.165) is 26.1 Å². The van der Waals surface area contributed by atoms with Gasteiger partial charge in [-0.3, -0.25) is 4.90 Å². The summed E-state index contributed by atoms with van der Waals surface area (Å²) in [6.07, 6.45) is -3.19. The van der Waals surface area contributed by atoms with Crippen LogP contribution in [0.25, 0.3) is 0 Å². The van der Waals surface area contributed by atoms with Crippen LogP contribution in [0.4, 0.5) is 13.2 Å². The highest BCUT2D eigenvalue weighted by Gasteiger charge is 2.28. The van der Waals surface area contributed by atoms with E-state index in [2.05, 4.69) is 25.3 Å². The molecule has 0 saturated carbocycles. The van der Waals surface area contributed by atoms with Gasteiger partial charge in [0.25, 0.3) is 0 Å². The van der Waals surface area contributed by atoms with Crippen LogP contribution in [0.3, 0.4) is 0 Å². The molecule has 0 spiro atoms. The van der Waals surface area contributed by atoms with Crippen molar-refractivity contribution in [2.45, 2.75) is 25.2 Å². The summed E-state index contributed by atoms with van der Waals surface area (Å²) < 4.78 is 41.2. The van der Waals surface area contributed by atoms with Crippen LogP contribution in [0.15, 0.2) is 4.52 Å². The van der Waals surface area contributed by atoms with E-state index >= 15 is 0 Å². The molecule has 0 aliphatic carbocycles. The maximum Gasteiger partial charge on any atom is 0.401 e. The number of rotatable bonds is 4. The van der Waals surface area contributed by atoms with E-state index in [-0.39, 0.29) is 18.5 Å². The van der Waals surface area contributed by atoms with Gasteiger partial charge in [0.1, 0.15) is 0 Å². The molecule has 1 aliphatic rings. The van der Waals surface area contributed by atoms with Gasteiger partial charge in [-0.25, -0.2) is 0 Å². The molecule has 1 fully saturated rings. The lowest BCUT2D eigenvalue weighted by Crippen LogP contribution is -2.31.